The van der Waals surface area contributed by atoms with E-state index in [-0.39, 0.29) is 0 Å². The van der Waals surface area contributed by atoms with Crippen molar-refractivity contribution in [2.24, 2.45) is 5.92 Å². The van der Waals surface area contributed by atoms with Gasteiger partial charge >= 0.3 is 0 Å². The fourth-order valence-corrected chi connectivity index (χ4v) is 2.46. The predicted octanol–water partition coefficient (Wildman–Crippen LogP) is 1.39. The summed E-state index contributed by atoms with van der Waals surface area (Å²) in [6.45, 7) is 4.94. The summed E-state index contributed by atoms with van der Waals surface area (Å²) < 4.78 is 0. The average molecular weight is 210 g/mol. The van der Waals surface area contributed by atoms with Crippen LogP contribution in [0.15, 0.2) is 0 Å². The van der Waals surface area contributed by atoms with E-state index in [1.54, 1.807) is 0 Å². The summed E-state index contributed by atoms with van der Waals surface area (Å²) in [6, 6.07) is 0.382. The molecule has 0 spiro atoms. The van der Waals surface area contributed by atoms with E-state index in [4.69, 9.17) is 0 Å². The molecule has 1 saturated heterocycles. The monoisotopic (exact) mass is 210 g/mol. The first kappa shape index (κ1) is 10.9. The van der Waals surface area contributed by atoms with Gasteiger partial charge in [0.2, 0.25) is 5.91 Å². The van der Waals surface area contributed by atoms with Gasteiger partial charge < -0.3 is 10.2 Å². The summed E-state index contributed by atoms with van der Waals surface area (Å²) in [7, 11) is 0. The van der Waals surface area contributed by atoms with E-state index in [1.165, 1.54) is 19.3 Å². The maximum atomic E-state index is 12.0. The number of carbonyl (C=O) groups is 1. The molecule has 86 valence electrons. The van der Waals surface area contributed by atoms with Crippen molar-refractivity contribution in [1.82, 2.24) is 10.2 Å². The standard InChI is InChI=1S/C12H22N2O/c1-10-9-13-7-8-14(10)12(15)6-5-11-3-2-4-11/h10-11,13H,2-9H2,1H3/t10-/m1/s1. The summed E-state index contributed by atoms with van der Waals surface area (Å²) in [5.41, 5.74) is 0. The third-order valence-corrected chi connectivity index (χ3v) is 3.81. The first-order valence-corrected chi connectivity index (χ1v) is 6.27. The highest BCUT2D eigenvalue weighted by Crippen LogP contribution is 2.30. The molecule has 2 aliphatic rings. The highest BCUT2D eigenvalue weighted by atomic mass is 16.2. The van der Waals surface area contributed by atoms with Crippen LogP contribution >= 0.6 is 0 Å². The molecule has 0 bridgehead atoms. The summed E-state index contributed by atoms with van der Waals surface area (Å²) in [5, 5.41) is 3.31. The van der Waals surface area contributed by atoms with E-state index in [2.05, 4.69) is 17.1 Å². The maximum absolute atomic E-state index is 12.0. The van der Waals surface area contributed by atoms with Gasteiger partial charge in [-0.1, -0.05) is 19.3 Å². The van der Waals surface area contributed by atoms with E-state index in [1.807, 2.05) is 0 Å². The third-order valence-electron chi connectivity index (χ3n) is 3.81. The van der Waals surface area contributed by atoms with Crippen LogP contribution in [-0.2, 0) is 4.79 Å². The Hall–Kier alpha value is -0.570. The Kier molecular flexibility index (Phi) is 3.62. The molecule has 0 radical (unpaired) electrons. The molecule has 1 heterocycles. The SMILES string of the molecule is C[C@@H]1CNCCN1C(=O)CCC1CCC1. The van der Waals surface area contributed by atoms with Crippen molar-refractivity contribution < 1.29 is 4.79 Å². The molecule has 1 aliphatic carbocycles. The van der Waals surface area contributed by atoms with Crippen LogP contribution in [0.3, 0.4) is 0 Å². The van der Waals surface area contributed by atoms with Crippen LogP contribution in [0.1, 0.15) is 39.0 Å². The minimum absolute atomic E-state index is 0.371. The number of carbonyl (C=O) groups excluding carboxylic acids is 1. The van der Waals surface area contributed by atoms with E-state index in [0.29, 0.717) is 11.9 Å². The Labute approximate surface area is 92.2 Å². The minimum atomic E-state index is 0.371. The van der Waals surface area contributed by atoms with E-state index in [0.717, 1.165) is 38.4 Å². The highest BCUT2D eigenvalue weighted by molar-refractivity contribution is 5.76. The Morgan fingerprint density at radius 3 is 2.87 bits per heavy atom. The lowest BCUT2D eigenvalue weighted by Crippen LogP contribution is -2.52. The molecule has 3 nitrogen and oxygen atoms in total. The van der Waals surface area contributed by atoms with Gasteiger partial charge in [-0.2, -0.15) is 0 Å². The number of rotatable bonds is 3. The fraction of sp³-hybridized carbons (Fsp3) is 0.917. The molecule has 0 aromatic carbocycles. The number of hydrogen-bond acceptors (Lipinski definition) is 2. The number of hydrogen-bond donors (Lipinski definition) is 1. The van der Waals surface area contributed by atoms with E-state index in [9.17, 15) is 4.79 Å². The Bertz CT molecular complexity index is 226. The van der Waals surface area contributed by atoms with Crippen LogP contribution in [0.2, 0.25) is 0 Å². The minimum Gasteiger partial charge on any atom is -0.337 e. The molecule has 3 heteroatoms. The van der Waals surface area contributed by atoms with Gasteiger partial charge in [0, 0.05) is 32.1 Å². The highest BCUT2D eigenvalue weighted by Gasteiger charge is 2.24. The van der Waals surface area contributed by atoms with Crippen molar-refractivity contribution in [3.05, 3.63) is 0 Å². The van der Waals surface area contributed by atoms with Gasteiger partial charge in [0.25, 0.3) is 0 Å². The Morgan fingerprint density at radius 2 is 2.27 bits per heavy atom. The lowest BCUT2D eigenvalue weighted by molar-refractivity contribution is -0.134. The number of piperazine rings is 1. The molecule has 0 unspecified atom stereocenters. The first-order chi connectivity index (χ1) is 7.27. The smallest absolute Gasteiger partial charge is 0.222 e. The van der Waals surface area contributed by atoms with Crippen LogP contribution in [0.4, 0.5) is 0 Å². The second-order valence-electron chi connectivity index (χ2n) is 4.98. The molecule has 2 fully saturated rings. The number of nitrogens with zero attached hydrogens (tertiary/aromatic N) is 1. The molecule has 2 rings (SSSR count). The fourth-order valence-electron chi connectivity index (χ4n) is 2.46. The maximum Gasteiger partial charge on any atom is 0.222 e. The van der Waals surface area contributed by atoms with Crippen molar-refractivity contribution in [3.8, 4) is 0 Å². The van der Waals surface area contributed by atoms with Crippen molar-refractivity contribution in [1.29, 1.82) is 0 Å². The van der Waals surface area contributed by atoms with Gasteiger partial charge in [0.15, 0.2) is 0 Å². The topological polar surface area (TPSA) is 32.3 Å². The molecule has 0 aromatic rings. The Morgan fingerprint density at radius 1 is 1.47 bits per heavy atom. The normalized spacial score (nSPS) is 27.5. The predicted molar refractivity (Wildman–Crippen MR) is 60.6 cm³/mol. The third kappa shape index (κ3) is 2.71. The van der Waals surface area contributed by atoms with E-state index < -0.39 is 0 Å². The summed E-state index contributed by atoms with van der Waals surface area (Å²) in [4.78, 5) is 14.0. The van der Waals surface area contributed by atoms with Gasteiger partial charge in [-0.3, -0.25) is 4.79 Å². The number of nitrogens with one attached hydrogen (secondary N) is 1. The van der Waals surface area contributed by atoms with Crippen molar-refractivity contribution in [2.45, 2.75) is 45.1 Å². The number of amides is 1. The molecular formula is C12H22N2O. The quantitative estimate of drug-likeness (QED) is 0.763. The summed E-state index contributed by atoms with van der Waals surface area (Å²) in [6.07, 6.45) is 5.97. The van der Waals surface area contributed by atoms with Crippen molar-refractivity contribution in [3.63, 3.8) is 0 Å². The molecular weight excluding hydrogens is 188 g/mol. The molecule has 15 heavy (non-hydrogen) atoms. The molecule has 1 N–H and O–H groups in total. The molecule has 1 amide bonds. The average Bonchev–Trinajstić information content (AvgIpc) is 2.16. The van der Waals surface area contributed by atoms with Gasteiger partial charge in [-0.15, -0.1) is 0 Å². The molecule has 1 saturated carbocycles. The lowest BCUT2D eigenvalue weighted by Gasteiger charge is -2.35. The zero-order valence-electron chi connectivity index (χ0n) is 9.67. The van der Waals surface area contributed by atoms with Gasteiger partial charge in [0.1, 0.15) is 0 Å². The second kappa shape index (κ2) is 4.97. The summed E-state index contributed by atoms with van der Waals surface area (Å²) >= 11 is 0. The first-order valence-electron chi connectivity index (χ1n) is 6.27. The van der Waals surface area contributed by atoms with Crippen LogP contribution in [-0.4, -0.2) is 36.5 Å². The molecule has 1 aliphatic heterocycles. The zero-order valence-corrected chi connectivity index (χ0v) is 9.67. The van der Waals surface area contributed by atoms with Gasteiger partial charge in [-0.25, -0.2) is 0 Å². The molecule has 1 atom stereocenters. The molecule has 0 aromatic heterocycles. The zero-order chi connectivity index (χ0) is 10.7. The largest absolute Gasteiger partial charge is 0.337 e. The van der Waals surface area contributed by atoms with E-state index >= 15 is 0 Å². The lowest BCUT2D eigenvalue weighted by atomic mass is 9.82. The van der Waals surface area contributed by atoms with Crippen molar-refractivity contribution in [2.75, 3.05) is 19.6 Å². The van der Waals surface area contributed by atoms with Gasteiger partial charge in [0.05, 0.1) is 0 Å². The van der Waals surface area contributed by atoms with Crippen LogP contribution < -0.4 is 5.32 Å². The second-order valence-corrected chi connectivity index (χ2v) is 4.98. The Balaban J connectivity index is 1.73. The van der Waals surface area contributed by atoms with Gasteiger partial charge in [-0.05, 0) is 19.3 Å². The van der Waals surface area contributed by atoms with Crippen LogP contribution in [0.5, 0.6) is 0 Å². The van der Waals surface area contributed by atoms with Crippen LogP contribution in [0.25, 0.3) is 0 Å². The summed E-state index contributed by atoms with van der Waals surface area (Å²) in [5.74, 6) is 1.23. The van der Waals surface area contributed by atoms with Crippen LogP contribution in [0, 0.1) is 5.92 Å². The van der Waals surface area contributed by atoms with Crippen molar-refractivity contribution >= 4 is 5.91 Å².